The van der Waals surface area contributed by atoms with Gasteiger partial charge >= 0.3 is 6.03 Å². The second-order valence-electron chi connectivity index (χ2n) is 9.36. The number of benzene rings is 1. The number of rotatable bonds is 6. The Bertz CT molecular complexity index is 990. The Morgan fingerprint density at radius 3 is 1.54 bits per heavy atom. The molecule has 4 amide bonds. The van der Waals surface area contributed by atoms with Crippen LogP contribution in [0.2, 0.25) is 0 Å². The van der Waals surface area contributed by atoms with Crippen molar-refractivity contribution < 1.29 is 14.4 Å². The van der Waals surface area contributed by atoms with Gasteiger partial charge in [0, 0.05) is 0 Å². The highest BCUT2D eigenvalue weighted by molar-refractivity contribution is 6.23. The van der Waals surface area contributed by atoms with Crippen LogP contribution >= 0.6 is 0 Å². The van der Waals surface area contributed by atoms with Crippen molar-refractivity contribution in [2.45, 2.75) is 44.4 Å². The van der Waals surface area contributed by atoms with Crippen molar-refractivity contribution in [2.75, 3.05) is 52.4 Å². The average Bonchev–Trinajstić information content (AvgIpc) is 3.59. The molecule has 3 aliphatic heterocycles. The van der Waals surface area contributed by atoms with Gasteiger partial charge in [0.1, 0.15) is 0 Å². The van der Waals surface area contributed by atoms with Crippen LogP contribution in [0.25, 0.3) is 0 Å². The van der Waals surface area contributed by atoms with Crippen LogP contribution in [0.3, 0.4) is 0 Å². The first kappa shape index (κ1) is 25.0. The molecule has 0 N–H and O–H groups in total. The molecule has 1 aromatic rings. The zero-order chi connectivity index (χ0) is 24.7. The molecular formula is C28H34N4O3. The monoisotopic (exact) mass is 474 g/mol. The molecule has 4 rings (SSSR count). The Morgan fingerprint density at radius 2 is 1.11 bits per heavy atom. The molecule has 0 saturated carbocycles. The van der Waals surface area contributed by atoms with Crippen LogP contribution in [0.15, 0.2) is 30.3 Å². The van der Waals surface area contributed by atoms with Crippen LogP contribution in [0.4, 0.5) is 4.79 Å². The van der Waals surface area contributed by atoms with Gasteiger partial charge in [-0.25, -0.2) is 4.79 Å². The zero-order valence-electron chi connectivity index (χ0n) is 20.6. The van der Waals surface area contributed by atoms with E-state index in [1.54, 1.807) is 12.1 Å². The molecule has 0 spiro atoms. The Balaban J connectivity index is 1.57. The number of imide groups is 2. The molecule has 0 aliphatic carbocycles. The fourth-order valence-corrected chi connectivity index (χ4v) is 5.11. The van der Waals surface area contributed by atoms with E-state index in [0.29, 0.717) is 18.7 Å². The topological polar surface area (TPSA) is 64.2 Å². The van der Waals surface area contributed by atoms with Crippen molar-refractivity contribution >= 4 is 17.8 Å². The summed E-state index contributed by atoms with van der Waals surface area (Å²) < 4.78 is 0. The Kier molecular flexibility index (Phi) is 8.23. The van der Waals surface area contributed by atoms with Crippen LogP contribution in [0.5, 0.6) is 0 Å². The summed E-state index contributed by atoms with van der Waals surface area (Å²) in [5.41, 5.74) is -0.863. The number of urea groups is 1. The first-order valence-corrected chi connectivity index (χ1v) is 12.7. The van der Waals surface area contributed by atoms with Gasteiger partial charge in [0.15, 0.2) is 5.41 Å². The Morgan fingerprint density at radius 1 is 0.686 bits per heavy atom. The summed E-state index contributed by atoms with van der Waals surface area (Å²) in [5, 5.41) is 0. The fourth-order valence-electron chi connectivity index (χ4n) is 5.11. The third-order valence-corrected chi connectivity index (χ3v) is 7.21. The van der Waals surface area contributed by atoms with Gasteiger partial charge in [0.05, 0.1) is 26.2 Å². The lowest BCUT2D eigenvalue weighted by Crippen LogP contribution is -2.67. The minimum absolute atomic E-state index is 0.0366. The van der Waals surface area contributed by atoms with Gasteiger partial charge in [-0.2, -0.15) is 0 Å². The molecule has 0 unspecified atom stereocenters. The van der Waals surface area contributed by atoms with Gasteiger partial charge in [-0.1, -0.05) is 60.9 Å². The summed E-state index contributed by atoms with van der Waals surface area (Å²) in [6, 6.07) is 8.39. The molecular weight excluding hydrogens is 440 g/mol. The van der Waals surface area contributed by atoms with Crippen molar-refractivity contribution in [3.8, 4) is 23.7 Å². The molecule has 0 aromatic heterocycles. The van der Waals surface area contributed by atoms with Gasteiger partial charge < -0.3 is 0 Å². The van der Waals surface area contributed by atoms with E-state index in [1.807, 2.05) is 25.1 Å². The number of carbonyl (C=O) groups excluding carboxylic acids is 3. The van der Waals surface area contributed by atoms with E-state index >= 15 is 0 Å². The van der Waals surface area contributed by atoms with Gasteiger partial charge in [-0.15, -0.1) is 0 Å². The van der Waals surface area contributed by atoms with E-state index in [0.717, 1.165) is 36.0 Å². The lowest BCUT2D eigenvalue weighted by molar-refractivity contribution is -0.151. The largest absolute Gasteiger partial charge is 0.335 e. The summed E-state index contributed by atoms with van der Waals surface area (Å²) in [6.45, 7) is 7.10. The van der Waals surface area contributed by atoms with Crippen LogP contribution in [-0.2, 0) is 15.0 Å². The average molecular weight is 475 g/mol. The maximum Gasteiger partial charge on any atom is 0.335 e. The molecule has 184 valence electrons. The number of hydrogen-bond donors (Lipinski definition) is 0. The van der Waals surface area contributed by atoms with E-state index in [4.69, 9.17) is 0 Å². The van der Waals surface area contributed by atoms with Crippen LogP contribution in [0, 0.1) is 23.7 Å². The van der Waals surface area contributed by atoms with Crippen molar-refractivity contribution in [3.05, 3.63) is 35.9 Å². The molecule has 0 atom stereocenters. The highest BCUT2D eigenvalue weighted by Gasteiger charge is 2.57. The molecule has 3 heterocycles. The predicted octanol–water partition coefficient (Wildman–Crippen LogP) is 2.32. The third-order valence-electron chi connectivity index (χ3n) is 7.21. The van der Waals surface area contributed by atoms with Crippen LogP contribution in [0.1, 0.15) is 44.6 Å². The first-order valence-electron chi connectivity index (χ1n) is 12.7. The molecule has 3 saturated heterocycles. The highest BCUT2D eigenvalue weighted by Crippen LogP contribution is 2.36. The Hall–Kier alpha value is -3.13. The second-order valence-corrected chi connectivity index (χ2v) is 9.36. The fraction of sp³-hybridized carbons (Fsp3) is 0.536. The lowest BCUT2D eigenvalue weighted by Gasteiger charge is -2.43. The Labute approximate surface area is 208 Å². The van der Waals surface area contributed by atoms with E-state index < -0.39 is 23.3 Å². The normalized spacial score (nSPS) is 20.5. The van der Waals surface area contributed by atoms with E-state index in [-0.39, 0.29) is 19.5 Å². The minimum Gasteiger partial charge on any atom is -0.292 e. The standard InChI is InChI=1S/C28H34N4O3/c1-2-28(24-14-4-3-5-15-24)25(33)31(22-12-10-20-29-16-6-7-17-29)27(35)32(26(28)34)23-13-11-21-30-18-8-9-19-30/h3-5,14-15H,2,6-9,16-23H2,1H3. The number of amides is 4. The van der Waals surface area contributed by atoms with E-state index in [1.165, 1.54) is 25.7 Å². The number of nitrogens with zero attached hydrogens (tertiary/aromatic N) is 4. The number of hydrogen-bond acceptors (Lipinski definition) is 5. The summed E-state index contributed by atoms with van der Waals surface area (Å²) in [5.74, 6) is 11.2. The van der Waals surface area contributed by atoms with Crippen molar-refractivity contribution in [2.24, 2.45) is 0 Å². The molecule has 3 fully saturated rings. The van der Waals surface area contributed by atoms with Gasteiger partial charge in [-0.05, 0) is 63.8 Å². The number of carbonyl (C=O) groups is 3. The predicted molar refractivity (Wildman–Crippen MR) is 134 cm³/mol. The van der Waals surface area contributed by atoms with Crippen molar-refractivity contribution in [1.82, 2.24) is 19.6 Å². The van der Waals surface area contributed by atoms with Gasteiger partial charge in [0.2, 0.25) is 0 Å². The van der Waals surface area contributed by atoms with Crippen LogP contribution < -0.4 is 0 Å². The molecule has 3 aliphatic rings. The molecule has 1 aromatic carbocycles. The molecule has 35 heavy (non-hydrogen) atoms. The molecule has 7 nitrogen and oxygen atoms in total. The van der Waals surface area contributed by atoms with E-state index in [9.17, 15) is 14.4 Å². The summed E-state index contributed by atoms with van der Waals surface area (Å²) in [6.07, 6.45) is 4.96. The quantitative estimate of drug-likeness (QED) is 0.468. The molecule has 0 bridgehead atoms. The molecule has 7 heteroatoms. The maximum atomic E-state index is 13.7. The van der Waals surface area contributed by atoms with Crippen molar-refractivity contribution in [3.63, 3.8) is 0 Å². The smallest absolute Gasteiger partial charge is 0.292 e. The summed E-state index contributed by atoms with van der Waals surface area (Å²) in [4.78, 5) is 47.6. The van der Waals surface area contributed by atoms with E-state index in [2.05, 4.69) is 33.5 Å². The molecule has 0 radical (unpaired) electrons. The number of barbiturate groups is 1. The number of likely N-dealkylation sites (tertiary alicyclic amines) is 2. The summed E-state index contributed by atoms with van der Waals surface area (Å²) >= 11 is 0. The zero-order valence-corrected chi connectivity index (χ0v) is 20.6. The lowest BCUT2D eigenvalue weighted by atomic mass is 9.74. The summed E-state index contributed by atoms with van der Waals surface area (Å²) in [7, 11) is 0. The minimum atomic E-state index is -1.46. The van der Waals surface area contributed by atoms with Crippen LogP contribution in [-0.4, -0.2) is 89.8 Å². The van der Waals surface area contributed by atoms with Gasteiger partial charge in [-0.3, -0.25) is 29.2 Å². The van der Waals surface area contributed by atoms with Gasteiger partial charge in [0.25, 0.3) is 11.8 Å². The third kappa shape index (κ3) is 5.27. The second kappa shape index (κ2) is 11.5. The maximum absolute atomic E-state index is 13.7. The van der Waals surface area contributed by atoms with Crippen molar-refractivity contribution in [1.29, 1.82) is 0 Å². The first-order chi connectivity index (χ1) is 17.1. The SMILES string of the molecule is CCC1(c2ccccc2)C(=O)N(CC#CCN2CCCC2)C(=O)N(CC#CCN2CCCC2)C1=O. The highest BCUT2D eigenvalue weighted by atomic mass is 16.2.